The van der Waals surface area contributed by atoms with Crippen molar-refractivity contribution in [3.8, 4) is 0 Å². The number of nitrogens with one attached hydrogen (secondary N) is 1. The van der Waals surface area contributed by atoms with Gasteiger partial charge >= 0.3 is 18.0 Å². The Hall–Kier alpha value is -3.72. The lowest BCUT2D eigenvalue weighted by atomic mass is 10.0. The van der Waals surface area contributed by atoms with E-state index in [0.717, 1.165) is 11.1 Å². The summed E-state index contributed by atoms with van der Waals surface area (Å²) in [6, 6.07) is 13.7. The first kappa shape index (κ1) is 23.0. The van der Waals surface area contributed by atoms with Crippen LogP contribution in [0.15, 0.2) is 60.7 Å². The highest BCUT2D eigenvalue weighted by atomic mass is 16.4. The minimum Gasteiger partial charge on any atom is -0.480 e. The van der Waals surface area contributed by atoms with Crippen molar-refractivity contribution in [3.05, 3.63) is 71.8 Å². The summed E-state index contributed by atoms with van der Waals surface area (Å²) in [5.74, 6) is -3.23. The lowest BCUT2D eigenvalue weighted by molar-refractivity contribution is -0.147. The first-order chi connectivity index (χ1) is 15.3. The van der Waals surface area contributed by atoms with Crippen LogP contribution in [0.3, 0.4) is 0 Å². The second kappa shape index (κ2) is 10.1. The van der Waals surface area contributed by atoms with Gasteiger partial charge in [-0.2, -0.15) is 0 Å². The monoisotopic (exact) mass is 439 g/mol. The van der Waals surface area contributed by atoms with Crippen LogP contribution < -0.4 is 5.32 Å². The Bertz CT molecular complexity index is 982. The fraction of sp³-hybridized carbons (Fsp3) is 0.304. The number of carbonyl (C=O) groups excluding carboxylic acids is 2. The van der Waals surface area contributed by atoms with Crippen molar-refractivity contribution in [3.63, 3.8) is 0 Å². The number of urea groups is 1. The fourth-order valence-electron chi connectivity index (χ4n) is 3.68. The predicted molar refractivity (Wildman–Crippen MR) is 115 cm³/mol. The number of carboxylic acids is 2. The van der Waals surface area contributed by atoms with E-state index < -0.39 is 42.0 Å². The summed E-state index contributed by atoms with van der Waals surface area (Å²) in [7, 11) is 0. The number of imide groups is 1. The van der Waals surface area contributed by atoms with Gasteiger partial charge < -0.3 is 15.1 Å². The van der Waals surface area contributed by atoms with Crippen molar-refractivity contribution in [2.45, 2.75) is 38.0 Å². The third kappa shape index (κ3) is 5.30. The molecule has 1 heterocycles. The lowest BCUT2D eigenvalue weighted by Gasteiger charge is -2.25. The number of amides is 3. The molecule has 168 valence electrons. The van der Waals surface area contributed by atoms with Gasteiger partial charge in [-0.1, -0.05) is 60.7 Å². The van der Waals surface area contributed by atoms with E-state index in [9.17, 15) is 29.4 Å². The van der Waals surface area contributed by atoms with Crippen LogP contribution in [-0.4, -0.2) is 68.6 Å². The SMILES string of the molecule is C[C@@H](N[C@@H](Cc1ccccc1)C(=O)O)C(=O)N1C(=O)N(Cc2ccccc2)C[C@H]1C(=O)O. The second-order valence-corrected chi connectivity index (χ2v) is 7.68. The van der Waals surface area contributed by atoms with E-state index in [4.69, 9.17) is 0 Å². The third-order valence-electron chi connectivity index (χ3n) is 5.32. The average Bonchev–Trinajstić information content (AvgIpc) is 3.10. The summed E-state index contributed by atoms with van der Waals surface area (Å²) >= 11 is 0. The molecular formula is C23H25N3O6. The van der Waals surface area contributed by atoms with Crippen LogP contribution in [0.2, 0.25) is 0 Å². The van der Waals surface area contributed by atoms with Crippen molar-refractivity contribution in [2.75, 3.05) is 6.54 Å². The zero-order chi connectivity index (χ0) is 23.3. The van der Waals surface area contributed by atoms with Gasteiger partial charge in [-0.3, -0.25) is 14.9 Å². The first-order valence-electron chi connectivity index (χ1n) is 10.2. The van der Waals surface area contributed by atoms with Crippen LogP contribution in [0.4, 0.5) is 4.79 Å². The van der Waals surface area contributed by atoms with E-state index in [-0.39, 0.29) is 19.5 Å². The van der Waals surface area contributed by atoms with E-state index in [2.05, 4.69) is 5.32 Å². The number of hydrogen-bond acceptors (Lipinski definition) is 5. The zero-order valence-corrected chi connectivity index (χ0v) is 17.5. The van der Waals surface area contributed by atoms with Crippen molar-refractivity contribution in [1.82, 2.24) is 15.1 Å². The number of rotatable bonds is 9. The second-order valence-electron chi connectivity index (χ2n) is 7.68. The number of carbonyl (C=O) groups is 4. The maximum absolute atomic E-state index is 13.0. The highest BCUT2D eigenvalue weighted by Gasteiger charge is 2.46. The molecule has 0 aliphatic carbocycles. The molecule has 0 aromatic heterocycles. The van der Waals surface area contributed by atoms with Crippen LogP contribution >= 0.6 is 0 Å². The normalized spacial score (nSPS) is 17.8. The summed E-state index contributed by atoms with van der Waals surface area (Å²) in [5.41, 5.74) is 1.57. The van der Waals surface area contributed by atoms with Gasteiger partial charge in [-0.05, 0) is 24.5 Å². The number of nitrogens with zero attached hydrogens (tertiary/aromatic N) is 2. The van der Waals surface area contributed by atoms with Crippen LogP contribution in [0.25, 0.3) is 0 Å². The van der Waals surface area contributed by atoms with Gasteiger partial charge in [-0.25, -0.2) is 14.5 Å². The molecule has 0 bridgehead atoms. The van der Waals surface area contributed by atoms with Crippen LogP contribution in [0.5, 0.6) is 0 Å². The molecule has 3 rings (SSSR count). The van der Waals surface area contributed by atoms with Gasteiger partial charge in [0.2, 0.25) is 5.91 Å². The molecule has 3 amide bonds. The van der Waals surface area contributed by atoms with Crippen molar-refractivity contribution in [2.24, 2.45) is 0 Å². The highest BCUT2D eigenvalue weighted by Crippen LogP contribution is 2.20. The molecular weight excluding hydrogens is 414 g/mol. The Morgan fingerprint density at radius 1 is 1.00 bits per heavy atom. The van der Waals surface area contributed by atoms with Crippen molar-refractivity contribution in [1.29, 1.82) is 0 Å². The Morgan fingerprint density at radius 3 is 2.09 bits per heavy atom. The van der Waals surface area contributed by atoms with E-state index in [1.807, 2.05) is 12.1 Å². The quantitative estimate of drug-likeness (QED) is 0.541. The molecule has 0 radical (unpaired) electrons. The number of hydrogen-bond donors (Lipinski definition) is 3. The zero-order valence-electron chi connectivity index (χ0n) is 17.5. The minimum absolute atomic E-state index is 0.129. The molecule has 9 heteroatoms. The molecule has 0 unspecified atom stereocenters. The summed E-state index contributed by atoms with van der Waals surface area (Å²) < 4.78 is 0. The number of aliphatic carboxylic acids is 2. The average molecular weight is 439 g/mol. The molecule has 1 fully saturated rings. The van der Waals surface area contributed by atoms with E-state index in [0.29, 0.717) is 4.90 Å². The smallest absolute Gasteiger partial charge is 0.328 e. The lowest BCUT2D eigenvalue weighted by Crippen LogP contribution is -2.55. The molecule has 0 saturated carbocycles. The van der Waals surface area contributed by atoms with Crippen LogP contribution in [0, 0.1) is 0 Å². The Morgan fingerprint density at radius 2 is 1.56 bits per heavy atom. The predicted octanol–water partition coefficient (Wildman–Crippen LogP) is 1.58. The van der Waals surface area contributed by atoms with Gasteiger partial charge in [0.1, 0.15) is 6.04 Å². The molecule has 2 aromatic carbocycles. The largest absolute Gasteiger partial charge is 0.480 e. The van der Waals surface area contributed by atoms with Gasteiger partial charge in [0.05, 0.1) is 12.6 Å². The summed E-state index contributed by atoms with van der Waals surface area (Å²) in [4.78, 5) is 51.4. The molecule has 0 spiro atoms. The van der Waals surface area contributed by atoms with Crippen molar-refractivity contribution >= 4 is 23.9 Å². The van der Waals surface area contributed by atoms with Gasteiger partial charge in [0.15, 0.2) is 6.04 Å². The molecule has 32 heavy (non-hydrogen) atoms. The van der Waals surface area contributed by atoms with Crippen LogP contribution in [-0.2, 0) is 27.3 Å². The molecule has 1 aliphatic rings. The fourth-order valence-corrected chi connectivity index (χ4v) is 3.68. The third-order valence-corrected chi connectivity index (χ3v) is 5.32. The van der Waals surface area contributed by atoms with Crippen molar-refractivity contribution < 1.29 is 29.4 Å². The molecule has 1 aliphatic heterocycles. The summed E-state index contributed by atoms with van der Waals surface area (Å²) in [6.45, 7) is 1.45. The number of carboxylic acid groups (broad SMARTS) is 2. The Kier molecular flexibility index (Phi) is 7.21. The van der Waals surface area contributed by atoms with E-state index in [1.54, 1.807) is 48.5 Å². The van der Waals surface area contributed by atoms with Gasteiger partial charge in [-0.15, -0.1) is 0 Å². The maximum atomic E-state index is 13.0. The standard InChI is InChI=1S/C23H25N3O6/c1-15(24-18(21(28)29)12-16-8-4-2-5-9-16)20(27)26-19(22(30)31)14-25(23(26)32)13-17-10-6-3-7-11-17/h2-11,15,18-19,24H,12-14H2,1H3,(H,28,29)(H,30,31)/t15-,18+,19+/m1/s1. The molecule has 3 N–H and O–H groups in total. The summed E-state index contributed by atoms with van der Waals surface area (Å²) in [6.07, 6.45) is 0.129. The molecule has 9 nitrogen and oxygen atoms in total. The molecule has 3 atom stereocenters. The van der Waals surface area contributed by atoms with E-state index in [1.165, 1.54) is 11.8 Å². The van der Waals surface area contributed by atoms with Crippen LogP contribution in [0.1, 0.15) is 18.1 Å². The maximum Gasteiger partial charge on any atom is 0.328 e. The topological polar surface area (TPSA) is 127 Å². The van der Waals surface area contributed by atoms with E-state index >= 15 is 0 Å². The first-order valence-corrected chi connectivity index (χ1v) is 10.2. The Balaban J connectivity index is 1.73. The summed E-state index contributed by atoms with van der Waals surface area (Å²) in [5, 5.41) is 21.9. The van der Waals surface area contributed by atoms with Gasteiger partial charge in [0.25, 0.3) is 0 Å². The van der Waals surface area contributed by atoms with Gasteiger partial charge in [0, 0.05) is 6.54 Å². The Labute approximate surface area is 185 Å². The number of benzene rings is 2. The molecule has 2 aromatic rings. The molecule has 1 saturated heterocycles. The minimum atomic E-state index is -1.35. The highest BCUT2D eigenvalue weighted by molar-refractivity contribution is 6.02.